The van der Waals surface area contributed by atoms with E-state index < -0.39 is 0 Å². The molecule has 0 aromatic carbocycles. The molecule has 1 heterocycles. The molecule has 1 N–H and O–H groups in total. The highest BCUT2D eigenvalue weighted by atomic mass is 16.1. The number of nitrogens with one attached hydrogen (secondary N) is 1. The van der Waals surface area contributed by atoms with Crippen LogP contribution in [-0.2, 0) is 17.9 Å². The van der Waals surface area contributed by atoms with Crippen LogP contribution in [-0.4, -0.2) is 15.7 Å². The lowest BCUT2D eigenvalue weighted by Crippen LogP contribution is -2.47. The van der Waals surface area contributed by atoms with Crippen molar-refractivity contribution >= 4 is 5.91 Å². The van der Waals surface area contributed by atoms with Gasteiger partial charge in [-0.1, -0.05) is 0 Å². The molecular weight excluding hydrogens is 274 g/mol. The molecule has 1 aromatic heterocycles. The number of aryl methyl sites for hydroxylation is 1. The van der Waals surface area contributed by atoms with E-state index in [1.165, 1.54) is 38.5 Å². The Bertz CT molecular complexity index is 527. The zero-order valence-corrected chi connectivity index (χ0v) is 13.6. The fraction of sp³-hybridized carbons (Fsp3) is 0.778. The number of nitrogens with zero attached hydrogens (tertiary/aromatic N) is 2. The summed E-state index contributed by atoms with van der Waals surface area (Å²) >= 11 is 0. The Kier molecular flexibility index (Phi) is 3.50. The minimum absolute atomic E-state index is 0.242. The second kappa shape index (κ2) is 5.39. The average Bonchev–Trinajstić information content (AvgIpc) is 2.91. The zero-order valence-electron chi connectivity index (χ0n) is 13.6. The number of amides is 1. The van der Waals surface area contributed by atoms with Gasteiger partial charge in [0.2, 0.25) is 5.91 Å². The quantitative estimate of drug-likeness (QED) is 0.908. The Labute approximate surface area is 132 Å². The largest absolute Gasteiger partial charge is 0.352 e. The van der Waals surface area contributed by atoms with Gasteiger partial charge in [-0.05, 0) is 68.6 Å². The third-order valence-electron chi connectivity index (χ3n) is 6.20. The summed E-state index contributed by atoms with van der Waals surface area (Å²) in [6.45, 7) is 3.56. The van der Waals surface area contributed by atoms with Gasteiger partial charge in [-0.3, -0.25) is 9.48 Å². The van der Waals surface area contributed by atoms with Crippen LogP contribution in [0.1, 0.15) is 57.4 Å². The SMILES string of the molecule is CCn1cc(CNC(=O)CC23CC4CC(CC(C4)C2)C3)cn1. The lowest BCUT2D eigenvalue weighted by atomic mass is 9.49. The molecule has 0 atom stereocenters. The van der Waals surface area contributed by atoms with E-state index in [2.05, 4.69) is 17.3 Å². The van der Waals surface area contributed by atoms with E-state index in [9.17, 15) is 4.79 Å². The minimum atomic E-state index is 0.242. The molecule has 1 aromatic rings. The standard InChI is InChI=1S/C18H27N3O/c1-2-21-12-16(11-20-21)10-19-17(22)9-18-6-13-3-14(7-18)5-15(4-13)8-18/h11-15H,2-10H2,1H3,(H,19,22). The number of hydrogen-bond donors (Lipinski definition) is 1. The Morgan fingerprint density at radius 2 is 1.91 bits per heavy atom. The molecule has 0 saturated heterocycles. The highest BCUT2D eigenvalue weighted by Crippen LogP contribution is 2.61. The summed E-state index contributed by atoms with van der Waals surface area (Å²) in [5.74, 6) is 3.00. The van der Waals surface area contributed by atoms with Gasteiger partial charge in [-0.2, -0.15) is 5.10 Å². The molecule has 4 aliphatic rings. The Morgan fingerprint density at radius 3 is 2.45 bits per heavy atom. The van der Waals surface area contributed by atoms with Gasteiger partial charge < -0.3 is 5.32 Å². The third kappa shape index (κ3) is 2.68. The van der Waals surface area contributed by atoms with Gasteiger partial charge in [0.25, 0.3) is 0 Å². The van der Waals surface area contributed by atoms with Crippen molar-refractivity contribution in [1.29, 1.82) is 0 Å². The van der Waals surface area contributed by atoms with E-state index >= 15 is 0 Å². The highest BCUT2D eigenvalue weighted by Gasteiger charge is 2.51. The predicted octanol–water partition coefficient (Wildman–Crippen LogP) is 3.13. The van der Waals surface area contributed by atoms with Crippen molar-refractivity contribution in [3.63, 3.8) is 0 Å². The van der Waals surface area contributed by atoms with Crippen LogP contribution in [0.4, 0.5) is 0 Å². The third-order valence-corrected chi connectivity index (χ3v) is 6.20. The maximum absolute atomic E-state index is 12.4. The highest BCUT2D eigenvalue weighted by molar-refractivity contribution is 5.76. The predicted molar refractivity (Wildman–Crippen MR) is 85.0 cm³/mol. The molecule has 0 radical (unpaired) electrons. The van der Waals surface area contributed by atoms with E-state index in [1.54, 1.807) is 0 Å². The van der Waals surface area contributed by atoms with Crippen LogP contribution < -0.4 is 5.32 Å². The van der Waals surface area contributed by atoms with E-state index in [0.29, 0.717) is 12.0 Å². The van der Waals surface area contributed by atoms with Crippen molar-refractivity contribution in [2.24, 2.45) is 23.2 Å². The number of carbonyl (C=O) groups excluding carboxylic acids is 1. The molecule has 4 saturated carbocycles. The van der Waals surface area contributed by atoms with Crippen LogP contribution in [0.3, 0.4) is 0 Å². The summed E-state index contributed by atoms with van der Waals surface area (Å²) in [5, 5.41) is 7.38. The van der Waals surface area contributed by atoms with Crippen LogP contribution in [0.2, 0.25) is 0 Å². The van der Waals surface area contributed by atoms with Crippen molar-refractivity contribution in [1.82, 2.24) is 15.1 Å². The second-order valence-electron chi connectivity index (χ2n) is 8.08. The van der Waals surface area contributed by atoms with Gasteiger partial charge in [0, 0.05) is 31.3 Å². The van der Waals surface area contributed by atoms with Gasteiger partial charge in [-0.15, -0.1) is 0 Å². The summed E-state index contributed by atoms with van der Waals surface area (Å²) in [4.78, 5) is 12.4. The smallest absolute Gasteiger partial charge is 0.220 e. The van der Waals surface area contributed by atoms with Crippen molar-refractivity contribution in [3.8, 4) is 0 Å². The molecule has 1 amide bonds. The molecule has 4 heteroatoms. The molecule has 4 nitrogen and oxygen atoms in total. The molecule has 0 aliphatic heterocycles. The molecule has 22 heavy (non-hydrogen) atoms. The molecular formula is C18H27N3O. The van der Waals surface area contributed by atoms with E-state index in [1.807, 2.05) is 17.1 Å². The summed E-state index contributed by atoms with van der Waals surface area (Å²) in [6.07, 6.45) is 12.9. The fourth-order valence-electron chi connectivity index (χ4n) is 5.78. The lowest BCUT2D eigenvalue weighted by molar-refractivity contribution is -0.129. The number of hydrogen-bond acceptors (Lipinski definition) is 2. The number of rotatable bonds is 5. The van der Waals surface area contributed by atoms with Gasteiger partial charge >= 0.3 is 0 Å². The fourth-order valence-corrected chi connectivity index (χ4v) is 5.78. The summed E-state index contributed by atoms with van der Waals surface area (Å²) in [5.41, 5.74) is 1.44. The first-order valence-electron chi connectivity index (χ1n) is 8.92. The Balaban J connectivity index is 1.34. The van der Waals surface area contributed by atoms with Crippen LogP contribution in [0.15, 0.2) is 12.4 Å². The topological polar surface area (TPSA) is 46.9 Å². The van der Waals surface area contributed by atoms with Gasteiger partial charge in [-0.25, -0.2) is 0 Å². The average molecular weight is 301 g/mol. The van der Waals surface area contributed by atoms with Gasteiger partial charge in [0.1, 0.15) is 0 Å². The molecule has 4 bridgehead atoms. The molecule has 4 fully saturated rings. The molecule has 0 spiro atoms. The number of aromatic nitrogens is 2. The van der Waals surface area contributed by atoms with Crippen molar-refractivity contribution in [3.05, 3.63) is 18.0 Å². The summed E-state index contributed by atoms with van der Waals surface area (Å²) in [6, 6.07) is 0. The first kappa shape index (κ1) is 14.3. The first-order chi connectivity index (χ1) is 10.6. The monoisotopic (exact) mass is 301 g/mol. The molecule has 4 aliphatic carbocycles. The minimum Gasteiger partial charge on any atom is -0.352 e. The maximum atomic E-state index is 12.4. The molecule has 0 unspecified atom stereocenters. The van der Waals surface area contributed by atoms with Crippen molar-refractivity contribution < 1.29 is 4.79 Å². The zero-order chi connectivity index (χ0) is 15.2. The summed E-state index contributed by atoms with van der Waals surface area (Å²) < 4.78 is 1.90. The van der Waals surface area contributed by atoms with E-state index in [-0.39, 0.29) is 5.91 Å². The molecule has 120 valence electrons. The lowest BCUT2D eigenvalue weighted by Gasteiger charge is -2.56. The first-order valence-corrected chi connectivity index (χ1v) is 8.92. The Hall–Kier alpha value is -1.32. The van der Waals surface area contributed by atoms with E-state index in [0.717, 1.165) is 36.3 Å². The van der Waals surface area contributed by atoms with Crippen LogP contribution in [0, 0.1) is 23.2 Å². The van der Waals surface area contributed by atoms with Crippen LogP contribution >= 0.6 is 0 Å². The van der Waals surface area contributed by atoms with Crippen molar-refractivity contribution in [2.75, 3.05) is 0 Å². The van der Waals surface area contributed by atoms with Crippen LogP contribution in [0.5, 0.6) is 0 Å². The summed E-state index contributed by atoms with van der Waals surface area (Å²) in [7, 11) is 0. The maximum Gasteiger partial charge on any atom is 0.220 e. The van der Waals surface area contributed by atoms with Crippen molar-refractivity contribution in [2.45, 2.75) is 65.0 Å². The van der Waals surface area contributed by atoms with Gasteiger partial charge in [0.05, 0.1) is 6.20 Å². The van der Waals surface area contributed by atoms with E-state index in [4.69, 9.17) is 0 Å². The second-order valence-corrected chi connectivity index (χ2v) is 8.08. The Morgan fingerprint density at radius 1 is 1.27 bits per heavy atom. The molecule has 5 rings (SSSR count). The number of carbonyl (C=O) groups is 1. The van der Waals surface area contributed by atoms with Gasteiger partial charge in [0.15, 0.2) is 0 Å². The normalized spacial score (nSPS) is 35.8. The van der Waals surface area contributed by atoms with Crippen LogP contribution in [0.25, 0.3) is 0 Å².